The van der Waals surface area contributed by atoms with E-state index >= 15 is 0 Å². The smallest absolute Gasteiger partial charge is 0.325 e. The average molecular weight is 457 g/mol. The van der Waals surface area contributed by atoms with Gasteiger partial charge in [0, 0.05) is 35.8 Å². The maximum atomic E-state index is 13.1. The molecule has 8 heteroatoms. The highest BCUT2D eigenvalue weighted by molar-refractivity contribution is 6.06. The molecule has 0 aromatic heterocycles. The van der Waals surface area contributed by atoms with Gasteiger partial charge in [-0.25, -0.2) is 4.79 Å². The fraction of sp³-hybridized carbons (Fsp3) is 0.192. The lowest BCUT2D eigenvalue weighted by Gasteiger charge is -2.50. The van der Waals surface area contributed by atoms with Crippen LogP contribution in [0.2, 0.25) is 0 Å². The molecule has 3 aromatic carbocycles. The predicted molar refractivity (Wildman–Crippen MR) is 129 cm³/mol. The highest BCUT2D eigenvalue weighted by Gasteiger charge is 2.49. The number of benzene rings is 3. The zero-order valence-corrected chi connectivity index (χ0v) is 18.8. The molecular weight excluding hydrogens is 432 g/mol. The largest absolute Gasteiger partial charge is 0.467 e. The number of amides is 4. The molecule has 2 atom stereocenters. The summed E-state index contributed by atoms with van der Waals surface area (Å²) in [6, 6.07) is 21.0. The Morgan fingerprint density at radius 3 is 2.44 bits per heavy atom. The number of fused-ring (bicyclic) bond motifs is 4. The van der Waals surface area contributed by atoms with Crippen molar-refractivity contribution in [2.24, 2.45) is 0 Å². The number of hydrogen-bond acceptors (Lipinski definition) is 4. The number of anilines is 3. The van der Waals surface area contributed by atoms with E-state index in [1.807, 2.05) is 31.2 Å². The van der Waals surface area contributed by atoms with E-state index in [2.05, 4.69) is 16.0 Å². The quantitative estimate of drug-likeness (QED) is 0.531. The Morgan fingerprint density at radius 1 is 1.00 bits per heavy atom. The van der Waals surface area contributed by atoms with Crippen LogP contribution in [0.3, 0.4) is 0 Å². The van der Waals surface area contributed by atoms with Crippen molar-refractivity contribution in [1.29, 1.82) is 0 Å². The van der Waals surface area contributed by atoms with Crippen molar-refractivity contribution in [2.45, 2.75) is 32.0 Å². The third-order valence-corrected chi connectivity index (χ3v) is 6.01. The molecule has 2 aliphatic heterocycles. The fourth-order valence-corrected chi connectivity index (χ4v) is 4.54. The molecule has 172 valence electrons. The lowest BCUT2D eigenvalue weighted by Crippen LogP contribution is -2.65. The van der Waals surface area contributed by atoms with Gasteiger partial charge in [-0.05, 0) is 55.5 Å². The summed E-state index contributed by atoms with van der Waals surface area (Å²) in [6.45, 7) is 3.32. The summed E-state index contributed by atoms with van der Waals surface area (Å²) in [4.78, 5) is 38.8. The van der Waals surface area contributed by atoms with E-state index in [-0.39, 0.29) is 23.9 Å². The standard InChI is InChI=1S/C26H24N4O4/c1-16(31)27-18-10-12-19(13-11-18)28-24(32)17-6-5-7-20(14-17)30-25(33)29-22-15-26(30,2)34-23-9-4-3-8-21(22)23/h3-14,22H,15H2,1-2H3,(H,27,31)(H,28,32)(H,29,33)/t22-,26+/m0/s1. The Labute approximate surface area is 196 Å². The van der Waals surface area contributed by atoms with Gasteiger partial charge in [-0.1, -0.05) is 24.3 Å². The van der Waals surface area contributed by atoms with Crippen LogP contribution >= 0.6 is 0 Å². The molecule has 1 saturated heterocycles. The number of hydrogen-bond donors (Lipinski definition) is 3. The summed E-state index contributed by atoms with van der Waals surface area (Å²) in [7, 11) is 0. The van der Waals surface area contributed by atoms with Gasteiger partial charge >= 0.3 is 6.03 Å². The zero-order chi connectivity index (χ0) is 23.9. The molecule has 0 spiro atoms. The van der Waals surface area contributed by atoms with Crippen LogP contribution in [0, 0.1) is 0 Å². The van der Waals surface area contributed by atoms with E-state index < -0.39 is 5.72 Å². The maximum Gasteiger partial charge on any atom is 0.325 e. The third-order valence-electron chi connectivity index (χ3n) is 6.01. The molecule has 4 amide bonds. The molecule has 3 N–H and O–H groups in total. The van der Waals surface area contributed by atoms with Gasteiger partial charge in [0.2, 0.25) is 5.91 Å². The maximum absolute atomic E-state index is 13.1. The van der Waals surface area contributed by atoms with Crippen molar-refractivity contribution in [2.75, 3.05) is 15.5 Å². The van der Waals surface area contributed by atoms with Crippen LogP contribution in [-0.4, -0.2) is 23.6 Å². The van der Waals surface area contributed by atoms with Gasteiger partial charge in [0.25, 0.3) is 5.91 Å². The van der Waals surface area contributed by atoms with Gasteiger partial charge in [0.1, 0.15) is 5.75 Å². The SMILES string of the molecule is CC(=O)Nc1ccc(NC(=O)c2cccc(N3C(=O)N[C@H]4C[C@@]3(C)Oc3ccccc34)c2)cc1. The van der Waals surface area contributed by atoms with Crippen molar-refractivity contribution in [3.05, 3.63) is 83.9 Å². The van der Waals surface area contributed by atoms with Crippen molar-refractivity contribution < 1.29 is 19.1 Å². The van der Waals surface area contributed by atoms with E-state index in [0.29, 0.717) is 29.0 Å². The number of rotatable bonds is 4. The Bertz CT molecular complexity index is 1290. The first-order chi connectivity index (χ1) is 16.3. The van der Waals surface area contributed by atoms with E-state index in [4.69, 9.17) is 4.74 Å². The van der Waals surface area contributed by atoms with Crippen LogP contribution < -0.4 is 25.6 Å². The minimum Gasteiger partial charge on any atom is -0.467 e. The Balaban J connectivity index is 1.38. The predicted octanol–water partition coefficient (Wildman–Crippen LogP) is 4.67. The highest BCUT2D eigenvalue weighted by Crippen LogP contribution is 2.45. The molecule has 0 unspecified atom stereocenters. The van der Waals surface area contributed by atoms with Crippen LogP contribution in [-0.2, 0) is 4.79 Å². The molecule has 8 nitrogen and oxygen atoms in total. The molecule has 0 radical (unpaired) electrons. The summed E-state index contributed by atoms with van der Waals surface area (Å²) in [5, 5.41) is 8.59. The van der Waals surface area contributed by atoms with Gasteiger partial charge in [0.05, 0.1) is 11.7 Å². The van der Waals surface area contributed by atoms with E-state index in [1.165, 1.54) is 6.92 Å². The van der Waals surface area contributed by atoms with Gasteiger partial charge in [0.15, 0.2) is 5.72 Å². The molecule has 34 heavy (non-hydrogen) atoms. The van der Waals surface area contributed by atoms with Crippen molar-refractivity contribution in [1.82, 2.24) is 5.32 Å². The molecule has 3 aromatic rings. The Morgan fingerprint density at radius 2 is 1.71 bits per heavy atom. The summed E-state index contributed by atoms with van der Waals surface area (Å²) in [5.74, 6) is 0.258. The number of carbonyl (C=O) groups is 3. The molecule has 5 rings (SSSR count). The molecular formula is C26H24N4O4. The molecule has 2 heterocycles. The summed E-state index contributed by atoms with van der Waals surface area (Å²) in [6.07, 6.45) is 0.576. The lowest BCUT2D eigenvalue weighted by molar-refractivity contribution is -0.114. The number of carbonyl (C=O) groups excluding carboxylic acids is 3. The number of urea groups is 1. The van der Waals surface area contributed by atoms with Crippen LogP contribution in [0.1, 0.15) is 42.2 Å². The fourth-order valence-electron chi connectivity index (χ4n) is 4.54. The second-order valence-electron chi connectivity index (χ2n) is 8.62. The molecule has 0 aliphatic carbocycles. The van der Waals surface area contributed by atoms with Crippen LogP contribution in [0.25, 0.3) is 0 Å². The van der Waals surface area contributed by atoms with Gasteiger partial charge in [-0.15, -0.1) is 0 Å². The third kappa shape index (κ3) is 3.94. The lowest BCUT2D eigenvalue weighted by atomic mass is 9.90. The molecule has 0 saturated carbocycles. The molecule has 1 fully saturated rings. The molecule has 2 bridgehead atoms. The average Bonchev–Trinajstić information content (AvgIpc) is 2.79. The van der Waals surface area contributed by atoms with Crippen LogP contribution in [0.4, 0.5) is 21.9 Å². The van der Waals surface area contributed by atoms with E-state index in [1.54, 1.807) is 53.4 Å². The van der Waals surface area contributed by atoms with Gasteiger partial charge < -0.3 is 20.7 Å². The number of para-hydroxylation sites is 1. The minimum atomic E-state index is -0.893. The minimum absolute atomic E-state index is 0.134. The first kappa shape index (κ1) is 21.5. The number of nitrogens with one attached hydrogen (secondary N) is 3. The van der Waals surface area contributed by atoms with Crippen LogP contribution in [0.5, 0.6) is 5.75 Å². The van der Waals surface area contributed by atoms with E-state index in [0.717, 1.165) is 11.3 Å². The Hall–Kier alpha value is -4.33. The summed E-state index contributed by atoms with van der Waals surface area (Å²) in [5.41, 5.74) is 2.26. The topological polar surface area (TPSA) is 99.8 Å². The summed E-state index contributed by atoms with van der Waals surface area (Å²) < 4.78 is 6.30. The monoisotopic (exact) mass is 456 g/mol. The number of ether oxygens (including phenoxy) is 1. The second kappa shape index (κ2) is 8.22. The normalized spacial score (nSPS) is 20.5. The van der Waals surface area contributed by atoms with Gasteiger partial charge in [-0.2, -0.15) is 0 Å². The first-order valence-electron chi connectivity index (χ1n) is 11.0. The van der Waals surface area contributed by atoms with Crippen molar-refractivity contribution >= 4 is 34.9 Å². The van der Waals surface area contributed by atoms with Crippen LogP contribution in [0.15, 0.2) is 72.8 Å². The Kier molecular flexibility index (Phi) is 5.20. The summed E-state index contributed by atoms with van der Waals surface area (Å²) >= 11 is 0. The van der Waals surface area contributed by atoms with Crippen molar-refractivity contribution in [3.8, 4) is 5.75 Å². The van der Waals surface area contributed by atoms with Gasteiger partial charge in [-0.3, -0.25) is 14.5 Å². The first-order valence-corrected chi connectivity index (χ1v) is 11.0. The highest BCUT2D eigenvalue weighted by atomic mass is 16.5. The number of nitrogens with zero attached hydrogens (tertiary/aromatic N) is 1. The molecule has 2 aliphatic rings. The van der Waals surface area contributed by atoms with E-state index in [9.17, 15) is 14.4 Å². The second-order valence-corrected chi connectivity index (χ2v) is 8.62. The zero-order valence-electron chi connectivity index (χ0n) is 18.8. The van der Waals surface area contributed by atoms with Crippen molar-refractivity contribution in [3.63, 3.8) is 0 Å².